The monoisotopic (exact) mass is 255 g/mol. The Kier molecular flexibility index (Phi) is 6.51. The van der Waals surface area contributed by atoms with E-state index in [0.717, 1.165) is 29.3 Å². The van der Waals surface area contributed by atoms with Crippen LogP contribution in [0, 0.1) is 0 Å². The van der Waals surface area contributed by atoms with Gasteiger partial charge < -0.3 is 14.8 Å². The van der Waals surface area contributed by atoms with E-state index in [-0.39, 0.29) is 0 Å². The smallest absolute Gasteiger partial charge is 0.124 e. The lowest BCUT2D eigenvalue weighted by Crippen LogP contribution is -2.16. The van der Waals surface area contributed by atoms with Crippen LogP contribution < -0.4 is 10.1 Å². The SMILES string of the molecule is C=COCCCNCc1c(Cl)cccc1OC. The summed E-state index contributed by atoms with van der Waals surface area (Å²) in [6.07, 6.45) is 2.38. The average molecular weight is 256 g/mol. The molecule has 3 nitrogen and oxygen atoms in total. The molecule has 1 aromatic rings. The highest BCUT2D eigenvalue weighted by molar-refractivity contribution is 6.31. The summed E-state index contributed by atoms with van der Waals surface area (Å²) in [5.41, 5.74) is 0.987. The van der Waals surface area contributed by atoms with E-state index in [1.807, 2.05) is 18.2 Å². The molecule has 4 heteroatoms. The van der Waals surface area contributed by atoms with Crippen LogP contribution in [0.25, 0.3) is 0 Å². The molecule has 0 bridgehead atoms. The number of hydrogen-bond donors (Lipinski definition) is 1. The number of methoxy groups -OCH3 is 1. The zero-order chi connectivity index (χ0) is 12.5. The number of rotatable bonds is 8. The summed E-state index contributed by atoms with van der Waals surface area (Å²) in [5, 5.41) is 4.02. The predicted molar refractivity (Wildman–Crippen MR) is 70.5 cm³/mol. The van der Waals surface area contributed by atoms with Crippen molar-refractivity contribution in [1.29, 1.82) is 0 Å². The van der Waals surface area contributed by atoms with Crippen LogP contribution in [0.3, 0.4) is 0 Å². The van der Waals surface area contributed by atoms with Crippen molar-refractivity contribution in [3.8, 4) is 5.75 Å². The Bertz CT molecular complexity index is 355. The molecule has 17 heavy (non-hydrogen) atoms. The summed E-state index contributed by atoms with van der Waals surface area (Å²) in [4.78, 5) is 0. The van der Waals surface area contributed by atoms with Crippen molar-refractivity contribution in [3.05, 3.63) is 41.6 Å². The van der Waals surface area contributed by atoms with Gasteiger partial charge >= 0.3 is 0 Å². The third-order valence-electron chi connectivity index (χ3n) is 2.33. The molecule has 0 radical (unpaired) electrons. The Labute approximate surface area is 107 Å². The number of ether oxygens (including phenoxy) is 2. The van der Waals surface area contributed by atoms with E-state index in [2.05, 4.69) is 11.9 Å². The number of benzene rings is 1. The topological polar surface area (TPSA) is 30.5 Å². The van der Waals surface area contributed by atoms with E-state index in [1.54, 1.807) is 7.11 Å². The maximum atomic E-state index is 6.11. The Morgan fingerprint density at radius 3 is 3.00 bits per heavy atom. The molecule has 0 aliphatic rings. The summed E-state index contributed by atoms with van der Waals surface area (Å²) in [5.74, 6) is 0.812. The molecule has 0 saturated heterocycles. The van der Waals surface area contributed by atoms with Crippen LogP contribution in [-0.2, 0) is 11.3 Å². The molecular weight excluding hydrogens is 238 g/mol. The number of nitrogens with one attached hydrogen (secondary N) is 1. The van der Waals surface area contributed by atoms with Gasteiger partial charge in [0.25, 0.3) is 0 Å². The van der Waals surface area contributed by atoms with Crippen molar-refractivity contribution in [2.75, 3.05) is 20.3 Å². The molecule has 0 fully saturated rings. The van der Waals surface area contributed by atoms with Gasteiger partial charge in [0.2, 0.25) is 0 Å². The fourth-order valence-corrected chi connectivity index (χ4v) is 1.71. The predicted octanol–water partition coefficient (Wildman–Crippen LogP) is 2.99. The van der Waals surface area contributed by atoms with Crippen LogP contribution in [-0.4, -0.2) is 20.3 Å². The minimum Gasteiger partial charge on any atom is -0.502 e. The van der Waals surface area contributed by atoms with Gasteiger partial charge in [0.05, 0.1) is 20.0 Å². The van der Waals surface area contributed by atoms with E-state index in [4.69, 9.17) is 21.1 Å². The molecule has 0 saturated carbocycles. The molecule has 0 aliphatic carbocycles. The minimum atomic E-state index is 0.677. The molecule has 0 unspecified atom stereocenters. The van der Waals surface area contributed by atoms with E-state index in [9.17, 15) is 0 Å². The Hall–Kier alpha value is -1.19. The van der Waals surface area contributed by atoms with Gasteiger partial charge in [-0.05, 0) is 25.1 Å². The van der Waals surface area contributed by atoms with Crippen LogP contribution in [0.15, 0.2) is 31.0 Å². The van der Waals surface area contributed by atoms with E-state index in [0.29, 0.717) is 13.2 Å². The lowest BCUT2D eigenvalue weighted by atomic mass is 10.2. The van der Waals surface area contributed by atoms with Gasteiger partial charge in [0.1, 0.15) is 5.75 Å². The van der Waals surface area contributed by atoms with Crippen LogP contribution >= 0.6 is 11.6 Å². The van der Waals surface area contributed by atoms with Crippen LogP contribution in [0.5, 0.6) is 5.75 Å². The molecule has 0 heterocycles. The van der Waals surface area contributed by atoms with Gasteiger partial charge in [-0.15, -0.1) is 0 Å². The standard InChI is InChI=1S/C13H18ClNO2/c1-3-17-9-5-8-15-10-11-12(14)6-4-7-13(11)16-2/h3-4,6-7,15H,1,5,8-10H2,2H3. The molecule has 1 N–H and O–H groups in total. The van der Waals surface area contributed by atoms with Gasteiger partial charge in [-0.3, -0.25) is 0 Å². The second-order valence-corrected chi connectivity index (χ2v) is 3.90. The first-order valence-corrected chi connectivity index (χ1v) is 5.92. The van der Waals surface area contributed by atoms with E-state index >= 15 is 0 Å². The molecule has 0 aliphatic heterocycles. The van der Waals surface area contributed by atoms with E-state index in [1.165, 1.54) is 6.26 Å². The van der Waals surface area contributed by atoms with Crippen molar-refractivity contribution >= 4 is 11.6 Å². The Morgan fingerprint density at radius 2 is 2.29 bits per heavy atom. The zero-order valence-corrected chi connectivity index (χ0v) is 10.8. The molecule has 1 rings (SSSR count). The first-order chi connectivity index (χ1) is 8.29. The quantitative estimate of drug-likeness (QED) is 0.572. The van der Waals surface area contributed by atoms with Gasteiger partial charge in [-0.1, -0.05) is 24.2 Å². The Morgan fingerprint density at radius 1 is 1.47 bits per heavy atom. The zero-order valence-electron chi connectivity index (χ0n) is 10.0. The lowest BCUT2D eigenvalue weighted by Gasteiger charge is -2.11. The Balaban J connectivity index is 2.38. The van der Waals surface area contributed by atoms with Crippen molar-refractivity contribution in [2.45, 2.75) is 13.0 Å². The highest BCUT2D eigenvalue weighted by atomic mass is 35.5. The first-order valence-electron chi connectivity index (χ1n) is 5.54. The summed E-state index contributed by atoms with van der Waals surface area (Å²) in [6, 6.07) is 5.65. The lowest BCUT2D eigenvalue weighted by molar-refractivity contribution is 0.244. The molecule has 0 aromatic heterocycles. The molecule has 1 aromatic carbocycles. The fraction of sp³-hybridized carbons (Fsp3) is 0.385. The summed E-state index contributed by atoms with van der Waals surface area (Å²) >= 11 is 6.11. The second kappa shape index (κ2) is 7.98. The summed E-state index contributed by atoms with van der Waals surface area (Å²) in [6.45, 7) is 5.72. The van der Waals surface area contributed by atoms with Crippen molar-refractivity contribution in [3.63, 3.8) is 0 Å². The third-order valence-corrected chi connectivity index (χ3v) is 2.69. The van der Waals surface area contributed by atoms with Crippen LogP contribution in [0.2, 0.25) is 5.02 Å². The highest BCUT2D eigenvalue weighted by Gasteiger charge is 2.06. The fourth-order valence-electron chi connectivity index (χ4n) is 1.48. The number of halogens is 1. The molecule has 0 amide bonds. The molecule has 94 valence electrons. The normalized spacial score (nSPS) is 10.0. The van der Waals surface area contributed by atoms with Crippen LogP contribution in [0.1, 0.15) is 12.0 Å². The highest BCUT2D eigenvalue weighted by Crippen LogP contribution is 2.25. The molecule has 0 spiro atoms. The maximum absolute atomic E-state index is 6.11. The minimum absolute atomic E-state index is 0.677. The maximum Gasteiger partial charge on any atom is 0.124 e. The van der Waals surface area contributed by atoms with Crippen molar-refractivity contribution in [2.24, 2.45) is 0 Å². The summed E-state index contributed by atoms with van der Waals surface area (Å²) < 4.78 is 10.3. The van der Waals surface area contributed by atoms with E-state index < -0.39 is 0 Å². The van der Waals surface area contributed by atoms with Gasteiger partial charge in [0, 0.05) is 17.1 Å². The van der Waals surface area contributed by atoms with Crippen molar-refractivity contribution < 1.29 is 9.47 Å². The average Bonchev–Trinajstić information content (AvgIpc) is 2.35. The third kappa shape index (κ3) is 4.67. The number of hydrogen-bond acceptors (Lipinski definition) is 3. The first kappa shape index (κ1) is 13.9. The molecular formula is C13H18ClNO2. The van der Waals surface area contributed by atoms with Gasteiger partial charge in [0.15, 0.2) is 0 Å². The van der Waals surface area contributed by atoms with Gasteiger partial charge in [-0.2, -0.15) is 0 Å². The van der Waals surface area contributed by atoms with Crippen molar-refractivity contribution in [1.82, 2.24) is 5.32 Å². The molecule has 0 atom stereocenters. The summed E-state index contributed by atoms with van der Waals surface area (Å²) in [7, 11) is 1.65. The second-order valence-electron chi connectivity index (χ2n) is 3.49. The largest absolute Gasteiger partial charge is 0.502 e. The van der Waals surface area contributed by atoms with Crippen LogP contribution in [0.4, 0.5) is 0 Å². The van der Waals surface area contributed by atoms with Gasteiger partial charge in [-0.25, -0.2) is 0 Å².